The minimum Gasteiger partial charge on any atom is -0.480 e. The van der Waals surface area contributed by atoms with E-state index in [9.17, 15) is 26.8 Å². The summed E-state index contributed by atoms with van der Waals surface area (Å²) in [7, 11) is -3.80. The molecule has 138 valence electrons. The Bertz CT molecular complexity index is 750. The van der Waals surface area contributed by atoms with E-state index in [4.69, 9.17) is 5.11 Å². The molecule has 0 aliphatic heterocycles. The van der Waals surface area contributed by atoms with Crippen molar-refractivity contribution in [3.05, 3.63) is 29.8 Å². The number of sulfonamides is 1. The first-order valence-electron chi connectivity index (χ1n) is 7.60. The van der Waals surface area contributed by atoms with Crippen molar-refractivity contribution in [1.82, 2.24) is 10.0 Å². The van der Waals surface area contributed by atoms with Crippen molar-refractivity contribution < 1.29 is 31.9 Å². The molecule has 2 rings (SSSR count). The molecule has 1 atom stereocenters. The number of amides is 1. The van der Waals surface area contributed by atoms with Gasteiger partial charge >= 0.3 is 5.97 Å². The van der Waals surface area contributed by atoms with Crippen molar-refractivity contribution in [2.45, 2.75) is 36.6 Å². The minimum atomic E-state index is -3.80. The third-order valence-electron chi connectivity index (χ3n) is 3.68. The van der Waals surface area contributed by atoms with Gasteiger partial charge < -0.3 is 10.4 Å². The second-order valence-electron chi connectivity index (χ2n) is 5.81. The highest BCUT2D eigenvalue weighted by atomic mass is 32.2. The highest BCUT2D eigenvalue weighted by Gasteiger charge is 2.26. The smallest absolute Gasteiger partial charge is 0.326 e. The number of carbonyl (C=O) groups excluding carboxylic acids is 1. The molecule has 1 amide bonds. The molecule has 0 heterocycles. The molecular weight excluding hydrogens is 358 g/mol. The normalized spacial score (nSPS) is 15.8. The molecule has 1 unspecified atom stereocenters. The number of rotatable bonds is 9. The number of benzene rings is 1. The third-order valence-corrected chi connectivity index (χ3v) is 5.10. The SMILES string of the molecule is O=C(NC(CC(F)F)C(=O)O)c1cccc(S(=O)(=O)NCC2CC2)c1. The summed E-state index contributed by atoms with van der Waals surface area (Å²) >= 11 is 0. The van der Waals surface area contributed by atoms with Crippen molar-refractivity contribution in [3.63, 3.8) is 0 Å². The van der Waals surface area contributed by atoms with Crippen LogP contribution in [-0.4, -0.2) is 44.4 Å². The maximum Gasteiger partial charge on any atom is 0.326 e. The molecule has 1 saturated carbocycles. The van der Waals surface area contributed by atoms with Gasteiger partial charge in [-0.2, -0.15) is 0 Å². The van der Waals surface area contributed by atoms with Crippen LogP contribution in [0, 0.1) is 5.92 Å². The number of carboxylic acids is 1. The van der Waals surface area contributed by atoms with Crippen molar-refractivity contribution in [1.29, 1.82) is 0 Å². The van der Waals surface area contributed by atoms with Gasteiger partial charge in [0.25, 0.3) is 5.91 Å². The van der Waals surface area contributed by atoms with Crippen molar-refractivity contribution in [3.8, 4) is 0 Å². The Balaban J connectivity index is 2.10. The molecule has 1 fully saturated rings. The van der Waals surface area contributed by atoms with Gasteiger partial charge in [0.15, 0.2) is 0 Å². The van der Waals surface area contributed by atoms with Crippen LogP contribution >= 0.6 is 0 Å². The summed E-state index contributed by atoms with van der Waals surface area (Å²) in [6.07, 6.45) is -2.01. The standard InChI is InChI=1S/C15H18F2N2O5S/c16-13(17)7-12(15(21)22)19-14(20)10-2-1-3-11(6-10)25(23,24)18-8-9-4-5-9/h1-3,6,9,12-13,18H,4-5,7-8H2,(H,19,20)(H,21,22). The molecule has 1 aromatic carbocycles. The molecular formula is C15H18F2N2O5S. The van der Waals surface area contributed by atoms with Crippen molar-refractivity contribution in [2.75, 3.05) is 6.54 Å². The lowest BCUT2D eigenvalue weighted by Crippen LogP contribution is -2.42. The number of halogens is 2. The lowest BCUT2D eigenvalue weighted by Gasteiger charge is -2.14. The quantitative estimate of drug-likeness (QED) is 0.600. The largest absolute Gasteiger partial charge is 0.480 e. The first-order chi connectivity index (χ1) is 11.7. The van der Waals surface area contributed by atoms with Gasteiger partial charge in [-0.1, -0.05) is 6.07 Å². The average Bonchev–Trinajstić information content (AvgIpc) is 3.36. The number of alkyl halides is 2. The van der Waals surface area contributed by atoms with Crippen LogP contribution in [-0.2, 0) is 14.8 Å². The predicted octanol–water partition coefficient (Wildman–Crippen LogP) is 1.21. The fourth-order valence-corrected chi connectivity index (χ4v) is 3.24. The van der Waals surface area contributed by atoms with Crippen LogP contribution in [0.15, 0.2) is 29.2 Å². The van der Waals surface area contributed by atoms with E-state index < -0.39 is 40.8 Å². The molecule has 7 nitrogen and oxygen atoms in total. The Kier molecular flexibility index (Phi) is 6.07. The first-order valence-corrected chi connectivity index (χ1v) is 9.09. The molecule has 1 aliphatic carbocycles. The van der Waals surface area contributed by atoms with Gasteiger partial charge in [-0.3, -0.25) is 4.79 Å². The Morgan fingerprint density at radius 1 is 1.28 bits per heavy atom. The maximum atomic E-state index is 12.4. The van der Waals surface area contributed by atoms with Gasteiger partial charge in [-0.15, -0.1) is 0 Å². The Morgan fingerprint density at radius 2 is 1.96 bits per heavy atom. The van der Waals surface area contributed by atoms with Crippen LogP contribution in [0.3, 0.4) is 0 Å². The predicted molar refractivity (Wildman–Crippen MR) is 83.9 cm³/mol. The maximum absolute atomic E-state index is 12.4. The summed E-state index contributed by atoms with van der Waals surface area (Å²) in [6, 6.07) is 3.20. The Hall–Kier alpha value is -2.07. The molecule has 0 bridgehead atoms. The fraction of sp³-hybridized carbons (Fsp3) is 0.467. The van der Waals surface area contributed by atoms with Crippen LogP contribution in [0.25, 0.3) is 0 Å². The summed E-state index contributed by atoms with van der Waals surface area (Å²) in [4.78, 5) is 22.8. The zero-order valence-corrected chi connectivity index (χ0v) is 13.9. The van der Waals surface area contributed by atoms with Crippen molar-refractivity contribution in [2.24, 2.45) is 5.92 Å². The van der Waals surface area contributed by atoms with Gasteiger partial charge in [0.05, 0.1) is 4.90 Å². The molecule has 3 N–H and O–H groups in total. The molecule has 0 aromatic heterocycles. The van der Waals surface area contributed by atoms with E-state index in [1.807, 2.05) is 5.32 Å². The van der Waals surface area contributed by atoms with Gasteiger partial charge in [0.2, 0.25) is 16.4 Å². The number of hydrogen-bond acceptors (Lipinski definition) is 4. The highest BCUT2D eigenvalue weighted by Crippen LogP contribution is 2.28. The van der Waals surface area contributed by atoms with Crippen LogP contribution in [0.2, 0.25) is 0 Å². The van der Waals surface area contributed by atoms with Gasteiger partial charge in [-0.05, 0) is 37.0 Å². The molecule has 1 aromatic rings. The van der Waals surface area contributed by atoms with Crippen LogP contribution in [0.1, 0.15) is 29.6 Å². The minimum absolute atomic E-state index is 0.130. The van der Waals surface area contributed by atoms with E-state index >= 15 is 0 Å². The number of carbonyl (C=O) groups is 2. The van der Waals surface area contributed by atoms with Crippen LogP contribution in [0.4, 0.5) is 8.78 Å². The van der Waals surface area contributed by atoms with E-state index in [1.165, 1.54) is 18.2 Å². The lowest BCUT2D eigenvalue weighted by atomic mass is 10.1. The van der Waals surface area contributed by atoms with Gasteiger partial charge in [0, 0.05) is 18.5 Å². The fourth-order valence-electron chi connectivity index (χ4n) is 2.08. The summed E-state index contributed by atoms with van der Waals surface area (Å²) in [6.45, 7) is 0.314. The first kappa shape index (κ1) is 19.3. The van der Waals surface area contributed by atoms with Gasteiger partial charge in [-0.25, -0.2) is 26.7 Å². The number of nitrogens with one attached hydrogen (secondary N) is 2. The molecule has 0 spiro atoms. The second-order valence-corrected chi connectivity index (χ2v) is 7.58. The van der Waals surface area contributed by atoms with Crippen LogP contribution < -0.4 is 10.0 Å². The van der Waals surface area contributed by atoms with Gasteiger partial charge in [0.1, 0.15) is 6.04 Å². The third kappa shape index (κ3) is 5.75. The highest BCUT2D eigenvalue weighted by molar-refractivity contribution is 7.89. The Morgan fingerprint density at radius 3 is 2.52 bits per heavy atom. The van der Waals surface area contributed by atoms with E-state index in [2.05, 4.69) is 4.72 Å². The number of hydrogen-bond donors (Lipinski definition) is 3. The number of aliphatic carboxylic acids is 1. The average molecular weight is 376 g/mol. The molecule has 1 aliphatic rings. The monoisotopic (exact) mass is 376 g/mol. The zero-order valence-electron chi connectivity index (χ0n) is 13.1. The zero-order chi connectivity index (χ0) is 18.6. The van der Waals surface area contributed by atoms with Crippen LogP contribution in [0.5, 0.6) is 0 Å². The summed E-state index contributed by atoms with van der Waals surface area (Å²) in [5.74, 6) is -2.21. The second kappa shape index (κ2) is 7.87. The van der Waals surface area contributed by atoms with E-state index in [-0.39, 0.29) is 10.5 Å². The van der Waals surface area contributed by atoms with Crippen molar-refractivity contribution >= 4 is 21.9 Å². The Labute approximate surface area is 143 Å². The lowest BCUT2D eigenvalue weighted by molar-refractivity contribution is -0.140. The molecule has 0 saturated heterocycles. The van der Waals surface area contributed by atoms with E-state index in [0.29, 0.717) is 12.5 Å². The van der Waals surface area contributed by atoms with E-state index in [0.717, 1.165) is 18.9 Å². The number of carboxylic acid groups (broad SMARTS) is 1. The topological polar surface area (TPSA) is 113 Å². The molecule has 10 heteroatoms. The molecule has 25 heavy (non-hydrogen) atoms. The molecule has 0 radical (unpaired) electrons. The summed E-state index contributed by atoms with van der Waals surface area (Å²) in [5.41, 5.74) is -0.130. The summed E-state index contributed by atoms with van der Waals surface area (Å²) in [5, 5.41) is 10.8. The van der Waals surface area contributed by atoms with E-state index in [1.54, 1.807) is 0 Å². The summed E-state index contributed by atoms with van der Waals surface area (Å²) < 4.78 is 51.5.